The number of para-hydroxylation sites is 2. The maximum absolute atomic E-state index is 13.9. The number of aromatic nitrogens is 2. The molecule has 2 heterocycles. The molecule has 0 unspecified atom stereocenters. The van der Waals surface area contributed by atoms with Gasteiger partial charge in [0, 0.05) is 18.6 Å². The summed E-state index contributed by atoms with van der Waals surface area (Å²) >= 11 is 0. The first kappa shape index (κ1) is 35.4. The van der Waals surface area contributed by atoms with Gasteiger partial charge in [-0.3, -0.25) is 24.3 Å². The highest BCUT2D eigenvalue weighted by atomic mass is 16.3. The fourth-order valence-electron chi connectivity index (χ4n) is 7.23. The summed E-state index contributed by atoms with van der Waals surface area (Å²) in [7, 11) is 0. The molecule has 1 aliphatic heterocycles. The van der Waals surface area contributed by atoms with Crippen LogP contribution in [0.5, 0.6) is 0 Å². The number of fused-ring (bicyclic) bond motifs is 2. The van der Waals surface area contributed by atoms with Crippen molar-refractivity contribution in [2.75, 3.05) is 13.1 Å². The maximum Gasteiger partial charge on any atom is 0.272 e. The minimum Gasteiger partial charge on any atom is -0.390 e. The second-order valence-corrected chi connectivity index (χ2v) is 15.1. The Morgan fingerprint density at radius 3 is 2.29 bits per heavy atom. The van der Waals surface area contributed by atoms with Gasteiger partial charge in [-0.25, -0.2) is 4.98 Å². The molecule has 2 aromatic carbocycles. The molecule has 48 heavy (non-hydrogen) atoms. The van der Waals surface area contributed by atoms with E-state index in [0.29, 0.717) is 29.3 Å². The fourth-order valence-corrected chi connectivity index (χ4v) is 7.23. The van der Waals surface area contributed by atoms with Crippen molar-refractivity contribution in [3.63, 3.8) is 0 Å². The van der Waals surface area contributed by atoms with Crippen LogP contribution in [0.2, 0.25) is 0 Å². The van der Waals surface area contributed by atoms with Crippen LogP contribution in [-0.2, 0) is 16.0 Å². The van der Waals surface area contributed by atoms with Gasteiger partial charge in [0.1, 0.15) is 11.7 Å². The van der Waals surface area contributed by atoms with Crippen LogP contribution in [0, 0.1) is 17.8 Å². The zero-order valence-electron chi connectivity index (χ0n) is 29.0. The summed E-state index contributed by atoms with van der Waals surface area (Å²) in [5, 5.41) is 21.0. The molecular weight excluding hydrogens is 604 g/mol. The van der Waals surface area contributed by atoms with Gasteiger partial charge in [-0.2, -0.15) is 0 Å². The molecule has 1 aliphatic carbocycles. The summed E-state index contributed by atoms with van der Waals surface area (Å²) in [6.07, 6.45) is 6.27. The number of amides is 3. The van der Waals surface area contributed by atoms with Crippen LogP contribution in [0.1, 0.15) is 82.8 Å². The fraction of sp³-hybridized carbons (Fsp3) is 0.553. The number of nitrogens with one attached hydrogen (secondary N) is 3. The summed E-state index contributed by atoms with van der Waals surface area (Å²) < 4.78 is 0. The van der Waals surface area contributed by atoms with Crippen molar-refractivity contribution in [1.29, 1.82) is 0 Å². The Morgan fingerprint density at radius 2 is 1.60 bits per heavy atom. The molecule has 1 saturated carbocycles. The average molecular weight is 657 g/mol. The first-order valence-electron chi connectivity index (χ1n) is 17.5. The van der Waals surface area contributed by atoms with E-state index in [1.165, 1.54) is 19.0 Å². The van der Waals surface area contributed by atoms with E-state index in [0.717, 1.165) is 31.4 Å². The van der Waals surface area contributed by atoms with Gasteiger partial charge in [-0.1, -0.05) is 75.6 Å². The van der Waals surface area contributed by atoms with Gasteiger partial charge in [-0.05, 0) is 75.5 Å². The number of carbonyl (C=O) groups is 3. The van der Waals surface area contributed by atoms with Crippen molar-refractivity contribution in [3.05, 3.63) is 72.1 Å². The van der Waals surface area contributed by atoms with Gasteiger partial charge in [-0.15, -0.1) is 0 Å². The third kappa shape index (κ3) is 9.17. The molecular formula is C38H52N6O4. The third-order valence-corrected chi connectivity index (χ3v) is 9.73. The van der Waals surface area contributed by atoms with E-state index < -0.39 is 24.1 Å². The Kier molecular flexibility index (Phi) is 11.5. The van der Waals surface area contributed by atoms with Crippen LogP contribution < -0.4 is 16.0 Å². The molecule has 6 atom stereocenters. The molecule has 10 heteroatoms. The van der Waals surface area contributed by atoms with Crippen LogP contribution in [0.25, 0.3) is 11.0 Å². The number of aliphatic hydroxyl groups is 1. The number of β-amino-alcohol motifs (C(OH)–C–C–N with tert-alkyl or cyclic N) is 1. The second kappa shape index (κ2) is 15.6. The summed E-state index contributed by atoms with van der Waals surface area (Å²) in [4.78, 5) is 51.8. The number of rotatable bonds is 11. The molecule has 1 saturated heterocycles. The van der Waals surface area contributed by atoms with Crippen molar-refractivity contribution < 1.29 is 19.5 Å². The lowest BCUT2D eigenvalue weighted by molar-refractivity contribution is -0.133. The molecule has 1 aromatic heterocycles. The zero-order valence-corrected chi connectivity index (χ0v) is 29.0. The number of piperidine rings is 1. The van der Waals surface area contributed by atoms with E-state index in [4.69, 9.17) is 0 Å². The quantitative estimate of drug-likeness (QED) is 0.242. The van der Waals surface area contributed by atoms with Crippen LogP contribution in [-0.4, -0.2) is 80.6 Å². The molecule has 0 bridgehead atoms. The average Bonchev–Trinajstić information content (AvgIpc) is 3.05. The minimum atomic E-state index is -0.964. The molecule has 3 amide bonds. The third-order valence-electron chi connectivity index (χ3n) is 9.73. The standard InChI is InChI=1S/C38H52N6O4/c1-24(2)34(42-35(46)31-21-39-28-17-11-12-18-29(28)40-31)37(48)41-30(19-25-13-7-6-8-14-25)33(45)23-44-22-27-16-10-9-15-26(27)20-32(44)36(47)43-38(3,4)5/h6-8,11-14,17-18,21,24,26-27,30,32-34,45H,9-10,15-16,19-20,22-23H2,1-5H3,(H,41,48)(H,42,46)(H,43,47)/t26-,27+,30-,32-,33+,34-/m0/s1. The molecule has 5 rings (SSSR count). The summed E-state index contributed by atoms with van der Waals surface area (Å²) in [6.45, 7) is 10.7. The molecule has 2 fully saturated rings. The van der Waals surface area contributed by atoms with Gasteiger partial charge >= 0.3 is 0 Å². The van der Waals surface area contributed by atoms with Crippen molar-refractivity contribution in [2.45, 2.75) is 103 Å². The van der Waals surface area contributed by atoms with Gasteiger partial charge in [0.25, 0.3) is 5.91 Å². The lowest BCUT2D eigenvalue weighted by Crippen LogP contribution is -2.61. The van der Waals surface area contributed by atoms with Crippen molar-refractivity contribution in [3.8, 4) is 0 Å². The Bertz CT molecular complexity index is 1560. The Balaban J connectivity index is 1.34. The first-order valence-corrected chi connectivity index (χ1v) is 17.5. The molecule has 0 spiro atoms. The Hall–Kier alpha value is -3.89. The highest BCUT2D eigenvalue weighted by Gasteiger charge is 2.42. The van der Waals surface area contributed by atoms with E-state index >= 15 is 0 Å². The molecule has 258 valence electrons. The number of hydrogen-bond acceptors (Lipinski definition) is 7. The number of benzene rings is 2. The topological polar surface area (TPSA) is 137 Å². The van der Waals surface area contributed by atoms with Crippen molar-refractivity contribution in [1.82, 2.24) is 30.8 Å². The summed E-state index contributed by atoms with van der Waals surface area (Å²) in [6, 6.07) is 15.2. The van der Waals surface area contributed by atoms with E-state index in [9.17, 15) is 19.5 Å². The lowest BCUT2D eigenvalue weighted by Gasteiger charge is -2.47. The van der Waals surface area contributed by atoms with E-state index in [-0.39, 0.29) is 41.6 Å². The smallest absolute Gasteiger partial charge is 0.272 e. The molecule has 3 aromatic rings. The van der Waals surface area contributed by atoms with Gasteiger partial charge in [0.2, 0.25) is 11.8 Å². The minimum absolute atomic E-state index is 0.0123. The van der Waals surface area contributed by atoms with Crippen LogP contribution in [0.3, 0.4) is 0 Å². The van der Waals surface area contributed by atoms with Crippen molar-refractivity contribution in [2.24, 2.45) is 17.8 Å². The van der Waals surface area contributed by atoms with Crippen LogP contribution >= 0.6 is 0 Å². The van der Waals surface area contributed by atoms with E-state index in [1.807, 2.05) is 83.1 Å². The highest BCUT2D eigenvalue weighted by molar-refractivity contribution is 5.97. The lowest BCUT2D eigenvalue weighted by atomic mass is 9.72. The van der Waals surface area contributed by atoms with E-state index in [1.54, 1.807) is 6.07 Å². The summed E-state index contributed by atoms with van der Waals surface area (Å²) in [5.74, 6) is -0.143. The molecule has 0 radical (unpaired) electrons. The number of hydrogen-bond donors (Lipinski definition) is 4. The predicted molar refractivity (Wildman–Crippen MR) is 187 cm³/mol. The van der Waals surface area contributed by atoms with Crippen LogP contribution in [0.4, 0.5) is 0 Å². The Labute approximate surface area is 284 Å². The van der Waals surface area contributed by atoms with Gasteiger partial charge < -0.3 is 21.1 Å². The van der Waals surface area contributed by atoms with Gasteiger partial charge in [0.15, 0.2) is 0 Å². The summed E-state index contributed by atoms with van der Waals surface area (Å²) in [5.41, 5.74) is 1.98. The van der Waals surface area contributed by atoms with Gasteiger partial charge in [0.05, 0.1) is 35.4 Å². The largest absolute Gasteiger partial charge is 0.390 e. The molecule has 4 N–H and O–H groups in total. The predicted octanol–water partition coefficient (Wildman–Crippen LogP) is 4.27. The van der Waals surface area contributed by atoms with Crippen LogP contribution in [0.15, 0.2) is 60.8 Å². The van der Waals surface area contributed by atoms with Crippen molar-refractivity contribution >= 4 is 28.8 Å². The normalized spacial score (nSPS) is 21.9. The van der Waals surface area contributed by atoms with E-state index in [2.05, 4.69) is 30.8 Å². The number of aliphatic hydroxyl groups excluding tert-OH is 1. The number of nitrogens with zero attached hydrogens (tertiary/aromatic N) is 3. The highest BCUT2D eigenvalue weighted by Crippen LogP contribution is 2.39. The SMILES string of the molecule is CC(C)[C@H](NC(=O)c1cnc2ccccc2n1)C(=O)N[C@@H](Cc1ccccc1)[C@H](O)CN1C[C@H]2CCCC[C@H]2C[C@H]1C(=O)NC(C)(C)C. The monoisotopic (exact) mass is 656 g/mol. The number of carbonyl (C=O) groups excluding carboxylic acids is 3. The molecule has 2 aliphatic rings. The molecule has 10 nitrogen and oxygen atoms in total. The number of likely N-dealkylation sites (tertiary alicyclic amines) is 1. The maximum atomic E-state index is 13.9. The zero-order chi connectivity index (χ0) is 34.4. The first-order chi connectivity index (χ1) is 22.9. The Morgan fingerprint density at radius 1 is 0.938 bits per heavy atom. The second-order valence-electron chi connectivity index (χ2n) is 15.1.